The van der Waals surface area contributed by atoms with Crippen molar-refractivity contribution in [3.63, 3.8) is 0 Å². The van der Waals surface area contributed by atoms with E-state index >= 15 is 0 Å². The van der Waals surface area contributed by atoms with Gasteiger partial charge in [-0.25, -0.2) is 0 Å². The number of amides is 1. The van der Waals surface area contributed by atoms with E-state index in [2.05, 4.69) is 12.2 Å². The summed E-state index contributed by atoms with van der Waals surface area (Å²) in [5.74, 6) is -1.31. The van der Waals surface area contributed by atoms with Gasteiger partial charge in [0.25, 0.3) is 0 Å². The fourth-order valence-corrected chi connectivity index (χ4v) is 2.69. The van der Waals surface area contributed by atoms with Crippen LogP contribution >= 0.6 is 0 Å². The van der Waals surface area contributed by atoms with Gasteiger partial charge in [-0.3, -0.25) is 9.59 Å². The smallest absolute Gasteiger partial charge is 0.307 e. The van der Waals surface area contributed by atoms with E-state index in [1.54, 1.807) is 11.9 Å². The van der Waals surface area contributed by atoms with Gasteiger partial charge in [0.05, 0.1) is 11.8 Å². The van der Waals surface area contributed by atoms with Crippen LogP contribution in [0.5, 0.6) is 0 Å². The summed E-state index contributed by atoms with van der Waals surface area (Å²) >= 11 is 0. The Bertz CT molecular complexity index is 307. The highest BCUT2D eigenvalue weighted by molar-refractivity contribution is 5.85. The molecule has 0 aromatic rings. The minimum Gasteiger partial charge on any atom is -0.481 e. The van der Waals surface area contributed by atoms with Gasteiger partial charge in [-0.2, -0.15) is 0 Å². The maximum atomic E-state index is 12.3. The predicted molar refractivity (Wildman–Crippen MR) is 69.2 cm³/mol. The zero-order valence-corrected chi connectivity index (χ0v) is 11.5. The zero-order valence-electron chi connectivity index (χ0n) is 11.5. The average molecular weight is 256 g/mol. The molecule has 1 unspecified atom stereocenters. The molecule has 0 aromatic carbocycles. The molecule has 0 saturated heterocycles. The van der Waals surface area contributed by atoms with E-state index in [-0.39, 0.29) is 11.8 Å². The quantitative estimate of drug-likeness (QED) is 0.737. The van der Waals surface area contributed by atoms with Crippen LogP contribution in [0.3, 0.4) is 0 Å². The molecule has 0 aliphatic heterocycles. The highest BCUT2D eigenvalue weighted by Gasteiger charge is 2.42. The zero-order chi connectivity index (χ0) is 13.7. The molecule has 1 saturated carbocycles. The van der Waals surface area contributed by atoms with Crippen LogP contribution in [0.25, 0.3) is 0 Å². The van der Waals surface area contributed by atoms with Crippen LogP contribution in [0.1, 0.15) is 26.2 Å². The van der Waals surface area contributed by atoms with Crippen molar-refractivity contribution in [3.8, 4) is 0 Å². The monoisotopic (exact) mass is 256 g/mol. The summed E-state index contributed by atoms with van der Waals surface area (Å²) in [5.41, 5.74) is 0. The van der Waals surface area contributed by atoms with Gasteiger partial charge in [0.15, 0.2) is 0 Å². The molecule has 1 amide bonds. The summed E-state index contributed by atoms with van der Waals surface area (Å²) in [7, 11) is 3.58. The Hall–Kier alpha value is -1.10. The number of rotatable bonds is 6. The van der Waals surface area contributed by atoms with Gasteiger partial charge in [0, 0.05) is 20.1 Å². The molecule has 0 aromatic heterocycles. The maximum absolute atomic E-state index is 12.3. The van der Waals surface area contributed by atoms with Crippen LogP contribution in [0.4, 0.5) is 0 Å². The summed E-state index contributed by atoms with van der Waals surface area (Å²) in [6.07, 6.45) is 2.31. The molecule has 0 radical (unpaired) electrons. The summed E-state index contributed by atoms with van der Waals surface area (Å²) in [5, 5.41) is 12.2. The van der Waals surface area contributed by atoms with Crippen LogP contribution in [0.2, 0.25) is 0 Å². The number of hydrogen-bond acceptors (Lipinski definition) is 3. The Morgan fingerprint density at radius 1 is 1.33 bits per heavy atom. The number of nitrogens with zero attached hydrogens (tertiary/aromatic N) is 1. The van der Waals surface area contributed by atoms with E-state index in [0.29, 0.717) is 18.9 Å². The number of nitrogens with one attached hydrogen (secondary N) is 1. The van der Waals surface area contributed by atoms with Crippen molar-refractivity contribution in [2.45, 2.75) is 26.2 Å². The number of carbonyl (C=O) groups is 2. The van der Waals surface area contributed by atoms with Crippen LogP contribution in [0, 0.1) is 17.8 Å². The Morgan fingerprint density at radius 3 is 2.44 bits per heavy atom. The van der Waals surface area contributed by atoms with Crippen LogP contribution < -0.4 is 5.32 Å². The lowest BCUT2D eigenvalue weighted by Gasteiger charge is -2.23. The van der Waals surface area contributed by atoms with E-state index in [0.717, 1.165) is 19.4 Å². The molecule has 1 rings (SSSR count). The molecule has 3 atom stereocenters. The maximum Gasteiger partial charge on any atom is 0.307 e. The van der Waals surface area contributed by atoms with Crippen molar-refractivity contribution in [2.24, 2.45) is 17.8 Å². The summed E-state index contributed by atoms with van der Waals surface area (Å²) in [6.45, 7) is 3.40. The number of hydrogen-bond donors (Lipinski definition) is 2. The SMILES string of the molecule is CCC1C[C@H](C(=O)N(C)CCNC)[C@H](C(=O)O)C1. The first-order valence-corrected chi connectivity index (χ1v) is 6.63. The molecule has 1 aliphatic rings. The minimum absolute atomic E-state index is 0.0198. The molecule has 0 bridgehead atoms. The first kappa shape index (κ1) is 15.0. The highest BCUT2D eigenvalue weighted by Crippen LogP contribution is 2.39. The van der Waals surface area contributed by atoms with Crippen LogP contribution in [-0.4, -0.2) is 49.1 Å². The topological polar surface area (TPSA) is 69.6 Å². The number of carbonyl (C=O) groups excluding carboxylic acids is 1. The number of carboxylic acid groups (broad SMARTS) is 1. The fourth-order valence-electron chi connectivity index (χ4n) is 2.69. The molecule has 18 heavy (non-hydrogen) atoms. The molecular formula is C13H24N2O3. The van der Waals surface area contributed by atoms with Gasteiger partial charge >= 0.3 is 5.97 Å². The molecular weight excluding hydrogens is 232 g/mol. The summed E-state index contributed by atoms with van der Waals surface area (Å²) in [6, 6.07) is 0. The predicted octanol–water partition coefficient (Wildman–Crippen LogP) is 0.801. The van der Waals surface area contributed by atoms with Gasteiger partial charge < -0.3 is 15.3 Å². The van der Waals surface area contributed by atoms with Crippen molar-refractivity contribution >= 4 is 11.9 Å². The van der Waals surface area contributed by atoms with Crippen molar-refractivity contribution in [2.75, 3.05) is 27.2 Å². The van der Waals surface area contributed by atoms with E-state index in [4.69, 9.17) is 0 Å². The van der Waals surface area contributed by atoms with Crippen LogP contribution in [-0.2, 0) is 9.59 Å². The minimum atomic E-state index is -0.827. The molecule has 1 fully saturated rings. The third-order valence-corrected chi connectivity index (χ3v) is 3.95. The second-order valence-corrected chi connectivity index (χ2v) is 5.16. The van der Waals surface area contributed by atoms with Gasteiger partial charge in [0.1, 0.15) is 0 Å². The van der Waals surface area contributed by atoms with E-state index in [1.807, 2.05) is 7.05 Å². The van der Waals surface area contributed by atoms with Gasteiger partial charge in [-0.05, 0) is 25.8 Å². The lowest BCUT2D eigenvalue weighted by molar-refractivity contribution is -0.148. The Morgan fingerprint density at radius 2 is 1.94 bits per heavy atom. The van der Waals surface area contributed by atoms with Crippen molar-refractivity contribution < 1.29 is 14.7 Å². The molecule has 2 N–H and O–H groups in total. The number of aliphatic carboxylic acids is 1. The Balaban J connectivity index is 2.67. The highest BCUT2D eigenvalue weighted by atomic mass is 16.4. The molecule has 0 spiro atoms. The molecule has 5 heteroatoms. The summed E-state index contributed by atoms with van der Waals surface area (Å²) in [4.78, 5) is 25.1. The second kappa shape index (κ2) is 6.73. The fraction of sp³-hybridized carbons (Fsp3) is 0.846. The number of likely N-dealkylation sites (N-methyl/N-ethyl adjacent to an activating group) is 2. The molecule has 1 aliphatic carbocycles. The normalized spacial score (nSPS) is 27.2. The van der Waals surface area contributed by atoms with Crippen molar-refractivity contribution in [3.05, 3.63) is 0 Å². The first-order valence-electron chi connectivity index (χ1n) is 6.63. The Labute approximate surface area is 109 Å². The van der Waals surface area contributed by atoms with Crippen LogP contribution in [0.15, 0.2) is 0 Å². The third kappa shape index (κ3) is 3.45. The summed E-state index contributed by atoms with van der Waals surface area (Å²) < 4.78 is 0. The number of carboxylic acids is 1. The standard InChI is InChI=1S/C13H24N2O3/c1-4-9-7-10(11(8-9)13(17)18)12(16)15(3)6-5-14-2/h9-11,14H,4-8H2,1-3H3,(H,17,18)/t9?,10-,11+/m0/s1. The van der Waals surface area contributed by atoms with E-state index in [1.165, 1.54) is 0 Å². The molecule has 0 heterocycles. The van der Waals surface area contributed by atoms with E-state index in [9.17, 15) is 14.7 Å². The second-order valence-electron chi connectivity index (χ2n) is 5.16. The third-order valence-electron chi connectivity index (χ3n) is 3.95. The molecule has 5 nitrogen and oxygen atoms in total. The van der Waals surface area contributed by atoms with Gasteiger partial charge in [-0.1, -0.05) is 13.3 Å². The van der Waals surface area contributed by atoms with Crippen molar-refractivity contribution in [1.29, 1.82) is 0 Å². The van der Waals surface area contributed by atoms with Crippen molar-refractivity contribution in [1.82, 2.24) is 10.2 Å². The largest absolute Gasteiger partial charge is 0.481 e. The lowest BCUT2D eigenvalue weighted by atomic mass is 9.95. The van der Waals surface area contributed by atoms with Gasteiger partial charge in [-0.15, -0.1) is 0 Å². The van der Waals surface area contributed by atoms with E-state index < -0.39 is 11.9 Å². The molecule has 104 valence electrons. The first-order chi connectivity index (χ1) is 8.51. The Kier molecular flexibility index (Phi) is 5.59. The van der Waals surface area contributed by atoms with Gasteiger partial charge in [0.2, 0.25) is 5.91 Å². The lowest BCUT2D eigenvalue weighted by Crippen LogP contribution is -2.39. The average Bonchev–Trinajstić information content (AvgIpc) is 2.79.